The van der Waals surface area contributed by atoms with Crippen molar-refractivity contribution in [1.29, 1.82) is 0 Å². The third-order valence-electron chi connectivity index (χ3n) is 8.41. The van der Waals surface area contributed by atoms with E-state index in [9.17, 15) is 19.2 Å². The van der Waals surface area contributed by atoms with Gasteiger partial charge in [-0.05, 0) is 60.2 Å². The van der Waals surface area contributed by atoms with E-state index in [1.807, 2.05) is 12.2 Å². The van der Waals surface area contributed by atoms with Gasteiger partial charge in [0.05, 0.1) is 11.8 Å². The van der Waals surface area contributed by atoms with Gasteiger partial charge in [0.15, 0.2) is 5.41 Å². The smallest absolute Gasteiger partial charge is 0.332 e. The lowest BCUT2D eigenvalue weighted by Crippen LogP contribution is -2.60. The number of hydrogen-bond donors (Lipinski definition) is 0. The Bertz CT molecular complexity index is 851. The van der Waals surface area contributed by atoms with Crippen LogP contribution in [0, 0.1) is 51.8 Å². The second-order valence-electron chi connectivity index (χ2n) is 12.4. The van der Waals surface area contributed by atoms with Crippen LogP contribution >= 0.6 is 0 Å². The number of fused-ring (bicyclic) bond motifs is 4. The molecule has 4 rings (SSSR count). The van der Waals surface area contributed by atoms with Gasteiger partial charge in [-0.25, -0.2) is 0 Å². The van der Waals surface area contributed by atoms with Gasteiger partial charge in [-0.15, -0.1) is 0 Å². The molecule has 6 atom stereocenters. The van der Waals surface area contributed by atoms with Gasteiger partial charge in [0.1, 0.15) is 0 Å². The highest BCUT2D eigenvalue weighted by Gasteiger charge is 2.65. The minimum absolute atomic E-state index is 0.0772. The summed E-state index contributed by atoms with van der Waals surface area (Å²) >= 11 is 0. The van der Waals surface area contributed by atoms with Crippen LogP contribution in [0.4, 0.5) is 0 Å². The molecule has 0 aromatic rings. The first kappa shape index (κ1) is 23.9. The number of allylic oxidation sites excluding steroid dienone is 4. The van der Waals surface area contributed by atoms with Crippen molar-refractivity contribution < 1.29 is 28.7 Å². The van der Waals surface area contributed by atoms with Crippen molar-refractivity contribution in [2.45, 2.75) is 67.2 Å². The van der Waals surface area contributed by atoms with Crippen LogP contribution < -0.4 is 0 Å². The second kappa shape index (κ2) is 7.92. The fourth-order valence-corrected chi connectivity index (χ4v) is 7.02. The molecular formula is C27H36O6. The van der Waals surface area contributed by atoms with Crippen LogP contribution in [-0.2, 0) is 28.7 Å². The molecule has 0 aromatic carbocycles. The Hall–Kier alpha value is -2.24. The van der Waals surface area contributed by atoms with Crippen LogP contribution in [-0.4, -0.2) is 23.9 Å². The Labute approximate surface area is 196 Å². The van der Waals surface area contributed by atoms with Crippen LogP contribution in [0.15, 0.2) is 24.3 Å². The lowest BCUT2D eigenvalue weighted by Gasteiger charge is -2.48. The molecule has 180 valence electrons. The maximum Gasteiger partial charge on any atom is 0.332 e. The average molecular weight is 457 g/mol. The van der Waals surface area contributed by atoms with E-state index in [2.05, 4.69) is 12.2 Å². The fourth-order valence-electron chi connectivity index (χ4n) is 7.02. The number of carbonyl (C=O) groups excluding carboxylic acids is 4. The SMILES string of the molecule is CC(C)(C)C(C(=O)OC(=O)C1CC2C=CC1C2)(C(=O)OC(=O)C1CC2C=CC1C2)C(C)(C)C. The Morgan fingerprint density at radius 2 is 0.970 bits per heavy atom. The van der Waals surface area contributed by atoms with Crippen molar-refractivity contribution in [3.63, 3.8) is 0 Å². The normalized spacial score (nSPS) is 32.3. The van der Waals surface area contributed by atoms with E-state index in [0.717, 1.165) is 12.8 Å². The number of carbonyl (C=O) groups is 4. The zero-order chi connectivity index (χ0) is 24.3. The summed E-state index contributed by atoms with van der Waals surface area (Å²) in [5.41, 5.74) is -3.78. The summed E-state index contributed by atoms with van der Waals surface area (Å²) in [6.45, 7) is 10.5. The van der Waals surface area contributed by atoms with Gasteiger partial charge in [0.25, 0.3) is 0 Å². The van der Waals surface area contributed by atoms with Crippen LogP contribution in [0.3, 0.4) is 0 Å². The van der Waals surface area contributed by atoms with Gasteiger partial charge in [0, 0.05) is 0 Å². The van der Waals surface area contributed by atoms with Crippen molar-refractivity contribution in [3.05, 3.63) is 24.3 Å². The topological polar surface area (TPSA) is 86.7 Å². The highest BCUT2D eigenvalue weighted by Crippen LogP contribution is 2.54. The monoisotopic (exact) mass is 456 g/mol. The van der Waals surface area contributed by atoms with Crippen LogP contribution in [0.5, 0.6) is 0 Å². The maximum absolute atomic E-state index is 13.7. The average Bonchev–Trinajstić information content (AvgIpc) is 3.46. The molecule has 6 nitrogen and oxygen atoms in total. The predicted octanol–water partition coefficient (Wildman–Crippen LogP) is 4.63. The fraction of sp³-hybridized carbons (Fsp3) is 0.704. The zero-order valence-electron chi connectivity index (χ0n) is 20.6. The summed E-state index contributed by atoms with van der Waals surface area (Å²) in [5, 5.41) is 0. The van der Waals surface area contributed by atoms with Crippen LogP contribution in [0.2, 0.25) is 0 Å². The first-order valence-corrected chi connectivity index (χ1v) is 12.1. The molecule has 0 aliphatic heterocycles. The van der Waals surface area contributed by atoms with Gasteiger partial charge in [-0.1, -0.05) is 65.8 Å². The molecular weight excluding hydrogens is 420 g/mol. The first-order valence-electron chi connectivity index (χ1n) is 12.1. The lowest BCUT2D eigenvalue weighted by atomic mass is 9.54. The quantitative estimate of drug-likeness (QED) is 0.348. The second-order valence-corrected chi connectivity index (χ2v) is 12.4. The minimum atomic E-state index is -1.84. The molecule has 2 fully saturated rings. The molecule has 6 unspecified atom stereocenters. The molecule has 4 aliphatic rings. The van der Waals surface area contributed by atoms with E-state index in [1.165, 1.54) is 0 Å². The summed E-state index contributed by atoms with van der Waals surface area (Å²) in [5.74, 6) is -2.94. The molecule has 6 heteroatoms. The van der Waals surface area contributed by atoms with E-state index < -0.39 is 40.1 Å². The van der Waals surface area contributed by atoms with Gasteiger partial charge in [0.2, 0.25) is 0 Å². The van der Waals surface area contributed by atoms with Crippen molar-refractivity contribution in [2.24, 2.45) is 51.8 Å². The van der Waals surface area contributed by atoms with E-state index in [4.69, 9.17) is 9.47 Å². The third-order valence-corrected chi connectivity index (χ3v) is 8.41. The minimum Gasteiger partial charge on any atom is -0.392 e. The number of esters is 4. The summed E-state index contributed by atoms with van der Waals surface area (Å²) in [7, 11) is 0. The third kappa shape index (κ3) is 3.79. The Kier molecular flexibility index (Phi) is 5.73. The van der Waals surface area contributed by atoms with Crippen LogP contribution in [0.1, 0.15) is 67.2 Å². The highest BCUT2D eigenvalue weighted by atomic mass is 16.6. The first-order chi connectivity index (χ1) is 15.3. The van der Waals surface area contributed by atoms with Gasteiger partial charge >= 0.3 is 23.9 Å². The number of hydrogen-bond acceptors (Lipinski definition) is 6. The summed E-state index contributed by atoms with van der Waals surface area (Å²) in [6, 6.07) is 0. The number of ether oxygens (including phenoxy) is 2. The molecule has 0 N–H and O–H groups in total. The largest absolute Gasteiger partial charge is 0.392 e. The van der Waals surface area contributed by atoms with Crippen molar-refractivity contribution in [2.75, 3.05) is 0 Å². The Morgan fingerprint density at radius 3 is 1.21 bits per heavy atom. The molecule has 0 saturated heterocycles. The van der Waals surface area contributed by atoms with Gasteiger partial charge in [-0.2, -0.15) is 0 Å². The molecule has 0 radical (unpaired) electrons. The van der Waals surface area contributed by atoms with Gasteiger partial charge < -0.3 is 9.47 Å². The highest BCUT2D eigenvalue weighted by molar-refractivity contribution is 6.08. The Balaban J connectivity index is 1.59. The van der Waals surface area contributed by atoms with E-state index in [1.54, 1.807) is 41.5 Å². The summed E-state index contributed by atoms with van der Waals surface area (Å²) in [4.78, 5) is 53.4. The van der Waals surface area contributed by atoms with E-state index >= 15 is 0 Å². The van der Waals surface area contributed by atoms with E-state index in [-0.39, 0.29) is 23.7 Å². The predicted molar refractivity (Wildman–Crippen MR) is 121 cm³/mol. The maximum atomic E-state index is 13.7. The molecule has 4 aliphatic carbocycles. The van der Waals surface area contributed by atoms with Crippen LogP contribution in [0.25, 0.3) is 0 Å². The number of rotatable bonds is 4. The van der Waals surface area contributed by atoms with Crippen molar-refractivity contribution in [1.82, 2.24) is 0 Å². The lowest BCUT2D eigenvalue weighted by molar-refractivity contribution is -0.198. The Morgan fingerprint density at radius 1 is 0.606 bits per heavy atom. The molecule has 4 bridgehead atoms. The summed E-state index contributed by atoms with van der Waals surface area (Å²) in [6.07, 6.45) is 11.4. The molecule has 33 heavy (non-hydrogen) atoms. The standard InChI is InChI=1S/C27H36O6/c1-25(2,3)27(26(4,5)6,23(30)32-21(28)19-13-15-7-9-17(19)11-15)24(31)33-22(29)20-14-16-8-10-18(20)12-16/h7-10,15-20H,11-14H2,1-6H3. The van der Waals surface area contributed by atoms with Crippen molar-refractivity contribution in [3.8, 4) is 0 Å². The molecule has 2 saturated carbocycles. The summed E-state index contributed by atoms with van der Waals surface area (Å²) < 4.78 is 10.9. The molecule has 0 amide bonds. The zero-order valence-corrected chi connectivity index (χ0v) is 20.6. The molecule has 0 heterocycles. The van der Waals surface area contributed by atoms with Crippen molar-refractivity contribution >= 4 is 23.9 Å². The molecule has 0 aromatic heterocycles. The van der Waals surface area contributed by atoms with E-state index in [0.29, 0.717) is 24.7 Å². The molecule has 0 spiro atoms. The van der Waals surface area contributed by atoms with Gasteiger partial charge in [-0.3, -0.25) is 19.2 Å².